The zero-order chi connectivity index (χ0) is 11.8. The van der Waals surface area contributed by atoms with Crippen LogP contribution in [0.5, 0.6) is 0 Å². The third kappa shape index (κ3) is 1.92. The van der Waals surface area contributed by atoms with E-state index in [0.29, 0.717) is 6.42 Å². The van der Waals surface area contributed by atoms with Gasteiger partial charge in [-0.1, -0.05) is 0 Å². The van der Waals surface area contributed by atoms with Gasteiger partial charge in [-0.2, -0.15) is 0 Å². The van der Waals surface area contributed by atoms with Crippen LogP contribution in [0.25, 0.3) is 0 Å². The van der Waals surface area contributed by atoms with Crippen LogP contribution in [0, 0.1) is 5.41 Å². The van der Waals surface area contributed by atoms with Crippen LogP contribution in [0.4, 0.5) is 0 Å². The van der Waals surface area contributed by atoms with Gasteiger partial charge < -0.3 is 5.11 Å². The summed E-state index contributed by atoms with van der Waals surface area (Å²) in [5, 5.41) is 9.11. The van der Waals surface area contributed by atoms with Crippen molar-refractivity contribution in [2.75, 3.05) is 0 Å². The molecule has 0 atom stereocenters. The van der Waals surface area contributed by atoms with Crippen molar-refractivity contribution in [3.63, 3.8) is 0 Å². The highest BCUT2D eigenvalue weighted by Crippen LogP contribution is 2.27. The molecule has 4 nitrogen and oxygen atoms in total. The average Bonchev–Trinajstić information content (AvgIpc) is 2.65. The summed E-state index contributed by atoms with van der Waals surface area (Å²) in [6, 6.07) is 0. The van der Waals surface area contributed by atoms with Gasteiger partial charge in [-0.3, -0.25) is 4.79 Å². The molecule has 1 aliphatic rings. The third-order valence-electron chi connectivity index (χ3n) is 3.15. The molecule has 2 rings (SSSR count). The molecule has 1 aliphatic carbocycles. The Morgan fingerprint density at radius 3 is 2.88 bits per heavy atom. The fourth-order valence-corrected chi connectivity index (χ4v) is 2.07. The molecule has 4 heteroatoms. The Bertz CT molecular complexity index is 427. The van der Waals surface area contributed by atoms with Crippen LogP contribution in [0.1, 0.15) is 37.2 Å². The van der Waals surface area contributed by atoms with Crippen molar-refractivity contribution in [1.82, 2.24) is 9.97 Å². The summed E-state index contributed by atoms with van der Waals surface area (Å²) < 4.78 is 0. The van der Waals surface area contributed by atoms with Gasteiger partial charge in [-0.25, -0.2) is 9.97 Å². The molecule has 0 bridgehead atoms. The van der Waals surface area contributed by atoms with E-state index in [-0.39, 0.29) is 0 Å². The molecule has 1 N–H and O–H groups in total. The van der Waals surface area contributed by atoms with Crippen molar-refractivity contribution in [1.29, 1.82) is 0 Å². The first kappa shape index (κ1) is 11.0. The van der Waals surface area contributed by atoms with E-state index in [2.05, 4.69) is 9.97 Å². The van der Waals surface area contributed by atoms with Gasteiger partial charge in [-0.15, -0.1) is 0 Å². The van der Waals surface area contributed by atoms with Gasteiger partial charge in [0.1, 0.15) is 6.33 Å². The van der Waals surface area contributed by atoms with Gasteiger partial charge in [0, 0.05) is 17.8 Å². The van der Waals surface area contributed by atoms with Crippen molar-refractivity contribution in [3.8, 4) is 0 Å². The maximum Gasteiger partial charge on any atom is 0.309 e. The molecule has 0 aromatic carbocycles. The monoisotopic (exact) mass is 220 g/mol. The summed E-state index contributed by atoms with van der Waals surface area (Å²) in [7, 11) is 0. The van der Waals surface area contributed by atoms with Crippen LogP contribution < -0.4 is 0 Å². The number of aryl methyl sites for hydroxylation is 1. The summed E-state index contributed by atoms with van der Waals surface area (Å²) >= 11 is 0. The zero-order valence-electron chi connectivity index (χ0n) is 9.66. The lowest BCUT2D eigenvalue weighted by molar-refractivity contribution is -0.146. The molecule has 0 spiro atoms. The summed E-state index contributed by atoms with van der Waals surface area (Å²) in [5.41, 5.74) is 2.43. The molecule has 1 aromatic heterocycles. The lowest BCUT2D eigenvalue weighted by atomic mass is 9.86. The normalized spacial score (nSPS) is 14.9. The topological polar surface area (TPSA) is 63.1 Å². The largest absolute Gasteiger partial charge is 0.481 e. The Balaban J connectivity index is 2.29. The number of hydrogen-bond acceptors (Lipinski definition) is 3. The van der Waals surface area contributed by atoms with Crippen LogP contribution in [0.3, 0.4) is 0 Å². The van der Waals surface area contributed by atoms with Crippen LogP contribution in [-0.2, 0) is 24.1 Å². The molecule has 0 radical (unpaired) electrons. The SMILES string of the molecule is CC(C)(Cc1ncnc2c1CCC2)C(=O)O. The lowest BCUT2D eigenvalue weighted by Crippen LogP contribution is -2.27. The molecule has 1 aromatic rings. The number of carbonyl (C=O) groups is 1. The molecular formula is C12H16N2O2. The molecular weight excluding hydrogens is 204 g/mol. The molecule has 86 valence electrons. The van der Waals surface area contributed by atoms with E-state index in [1.54, 1.807) is 20.2 Å². The fraction of sp³-hybridized carbons (Fsp3) is 0.583. The molecule has 0 unspecified atom stereocenters. The maximum atomic E-state index is 11.1. The second-order valence-corrected chi connectivity index (χ2v) is 4.96. The number of fused-ring (bicyclic) bond motifs is 1. The summed E-state index contributed by atoms with van der Waals surface area (Å²) in [6.45, 7) is 3.47. The van der Waals surface area contributed by atoms with Crippen LogP contribution >= 0.6 is 0 Å². The highest BCUT2D eigenvalue weighted by molar-refractivity contribution is 5.74. The van der Waals surface area contributed by atoms with E-state index < -0.39 is 11.4 Å². The van der Waals surface area contributed by atoms with Crippen molar-refractivity contribution in [3.05, 3.63) is 23.3 Å². The molecule has 0 saturated carbocycles. The maximum absolute atomic E-state index is 11.1. The average molecular weight is 220 g/mol. The zero-order valence-corrected chi connectivity index (χ0v) is 9.66. The number of nitrogens with zero attached hydrogens (tertiary/aromatic N) is 2. The van der Waals surface area contributed by atoms with Crippen LogP contribution in [-0.4, -0.2) is 21.0 Å². The summed E-state index contributed by atoms with van der Waals surface area (Å²) in [5.74, 6) is -0.780. The lowest BCUT2D eigenvalue weighted by Gasteiger charge is -2.19. The molecule has 0 saturated heterocycles. The van der Waals surface area contributed by atoms with E-state index in [9.17, 15) is 4.79 Å². The van der Waals surface area contributed by atoms with E-state index in [1.807, 2.05) is 0 Å². The first-order valence-electron chi connectivity index (χ1n) is 5.56. The number of aromatic nitrogens is 2. The minimum absolute atomic E-state index is 0.479. The number of rotatable bonds is 3. The number of carboxylic acids is 1. The van der Waals surface area contributed by atoms with Crippen molar-refractivity contribution in [2.45, 2.75) is 39.5 Å². The van der Waals surface area contributed by atoms with Gasteiger partial charge in [0.25, 0.3) is 0 Å². The van der Waals surface area contributed by atoms with Gasteiger partial charge >= 0.3 is 5.97 Å². The number of aliphatic carboxylic acids is 1. The van der Waals surface area contributed by atoms with E-state index >= 15 is 0 Å². The van der Waals surface area contributed by atoms with E-state index in [1.165, 1.54) is 5.56 Å². The number of hydrogen-bond donors (Lipinski definition) is 1. The van der Waals surface area contributed by atoms with Crippen molar-refractivity contribution >= 4 is 5.97 Å². The Kier molecular flexibility index (Phi) is 2.66. The first-order valence-corrected chi connectivity index (χ1v) is 5.56. The van der Waals surface area contributed by atoms with E-state index in [4.69, 9.17) is 5.11 Å². The van der Waals surface area contributed by atoms with Crippen molar-refractivity contribution in [2.24, 2.45) is 5.41 Å². The molecule has 0 fully saturated rings. The standard InChI is InChI=1S/C12H16N2O2/c1-12(2,11(15)16)6-10-8-4-3-5-9(8)13-7-14-10/h7H,3-6H2,1-2H3,(H,15,16). The minimum Gasteiger partial charge on any atom is -0.481 e. The highest BCUT2D eigenvalue weighted by atomic mass is 16.4. The molecule has 0 amide bonds. The molecule has 16 heavy (non-hydrogen) atoms. The Morgan fingerprint density at radius 1 is 1.44 bits per heavy atom. The smallest absolute Gasteiger partial charge is 0.309 e. The molecule has 1 heterocycles. The molecule has 0 aliphatic heterocycles. The van der Waals surface area contributed by atoms with Crippen LogP contribution in [0.15, 0.2) is 6.33 Å². The van der Waals surface area contributed by atoms with Crippen molar-refractivity contribution < 1.29 is 9.90 Å². The quantitative estimate of drug-likeness (QED) is 0.840. The Morgan fingerprint density at radius 2 is 2.19 bits per heavy atom. The predicted molar refractivity (Wildman–Crippen MR) is 59.2 cm³/mol. The van der Waals surface area contributed by atoms with Crippen LogP contribution in [0.2, 0.25) is 0 Å². The number of carboxylic acid groups (broad SMARTS) is 1. The summed E-state index contributed by atoms with van der Waals surface area (Å²) in [6.07, 6.45) is 5.12. The fourth-order valence-electron chi connectivity index (χ4n) is 2.07. The second kappa shape index (κ2) is 3.85. The Labute approximate surface area is 94.7 Å². The van der Waals surface area contributed by atoms with E-state index in [0.717, 1.165) is 30.7 Å². The third-order valence-corrected chi connectivity index (χ3v) is 3.15. The second-order valence-electron chi connectivity index (χ2n) is 4.96. The van der Waals surface area contributed by atoms with Gasteiger partial charge in [0.15, 0.2) is 0 Å². The van der Waals surface area contributed by atoms with Gasteiger partial charge in [0.05, 0.1) is 5.41 Å². The summed E-state index contributed by atoms with van der Waals surface area (Å²) in [4.78, 5) is 19.6. The van der Waals surface area contributed by atoms with Gasteiger partial charge in [-0.05, 0) is 38.7 Å². The van der Waals surface area contributed by atoms with Gasteiger partial charge in [0.2, 0.25) is 0 Å². The highest BCUT2D eigenvalue weighted by Gasteiger charge is 2.30. The Hall–Kier alpha value is -1.45. The first-order chi connectivity index (χ1) is 7.50. The minimum atomic E-state index is -0.780. The predicted octanol–water partition coefficient (Wildman–Crippen LogP) is 1.62.